The molecule has 2 rings (SSSR count). The molecular formula is C16H24N2O2. The van der Waals surface area contributed by atoms with Gasteiger partial charge in [-0.2, -0.15) is 0 Å². The minimum atomic E-state index is 0.217. The Labute approximate surface area is 120 Å². The van der Waals surface area contributed by atoms with E-state index >= 15 is 0 Å². The number of benzene rings is 1. The zero-order valence-electron chi connectivity index (χ0n) is 12.6. The third-order valence-corrected chi connectivity index (χ3v) is 3.56. The molecule has 0 aliphatic rings. The summed E-state index contributed by atoms with van der Waals surface area (Å²) in [7, 11) is 3.47. The number of hydrogen-bond acceptors (Lipinski definition) is 3. The third-order valence-electron chi connectivity index (χ3n) is 3.56. The number of hydrogen-bond donors (Lipinski definition) is 1. The predicted octanol–water partition coefficient (Wildman–Crippen LogP) is 2.41. The van der Waals surface area contributed by atoms with Gasteiger partial charge in [-0.1, -0.05) is 12.1 Å². The number of methoxy groups -OCH3 is 2. The summed E-state index contributed by atoms with van der Waals surface area (Å²) in [6, 6.07) is 8.64. The molecule has 110 valence electrons. The summed E-state index contributed by atoms with van der Waals surface area (Å²) in [5.74, 6) is 0. The fraction of sp³-hybridized carbons (Fsp3) is 0.500. The van der Waals surface area contributed by atoms with Crippen molar-refractivity contribution in [2.45, 2.75) is 26.1 Å². The highest BCUT2D eigenvalue weighted by Gasteiger charge is 2.07. The molecule has 1 N–H and O–H groups in total. The second-order valence-corrected chi connectivity index (χ2v) is 5.03. The Kier molecular flexibility index (Phi) is 5.59. The van der Waals surface area contributed by atoms with Gasteiger partial charge in [0, 0.05) is 51.0 Å². The van der Waals surface area contributed by atoms with Crippen LogP contribution in [0.15, 0.2) is 30.5 Å². The molecule has 1 aromatic carbocycles. The van der Waals surface area contributed by atoms with Crippen molar-refractivity contribution in [1.29, 1.82) is 0 Å². The maximum atomic E-state index is 5.35. The van der Waals surface area contributed by atoms with Crippen molar-refractivity contribution in [2.24, 2.45) is 0 Å². The maximum absolute atomic E-state index is 5.35. The Hall–Kier alpha value is -1.36. The highest BCUT2D eigenvalue weighted by Crippen LogP contribution is 2.20. The summed E-state index contributed by atoms with van der Waals surface area (Å²) in [5.41, 5.74) is 2.59. The number of aromatic nitrogens is 1. The summed E-state index contributed by atoms with van der Waals surface area (Å²) in [6.45, 7) is 5.43. The van der Waals surface area contributed by atoms with E-state index in [1.54, 1.807) is 14.2 Å². The lowest BCUT2D eigenvalue weighted by atomic mass is 10.1. The largest absolute Gasteiger partial charge is 0.383 e. The van der Waals surface area contributed by atoms with Crippen molar-refractivity contribution in [3.8, 4) is 0 Å². The molecule has 20 heavy (non-hydrogen) atoms. The number of fused-ring (bicyclic) bond motifs is 1. The molecule has 1 heterocycles. The first-order chi connectivity index (χ1) is 9.76. The highest BCUT2D eigenvalue weighted by molar-refractivity contribution is 5.83. The Balaban J connectivity index is 2.12. The van der Waals surface area contributed by atoms with E-state index in [-0.39, 0.29) is 6.10 Å². The molecule has 0 aliphatic carbocycles. The van der Waals surface area contributed by atoms with E-state index in [2.05, 4.69) is 47.3 Å². The van der Waals surface area contributed by atoms with Crippen LogP contribution in [0.5, 0.6) is 0 Å². The third kappa shape index (κ3) is 3.60. The molecule has 4 heteroatoms. The lowest BCUT2D eigenvalue weighted by Crippen LogP contribution is -2.18. The fourth-order valence-electron chi connectivity index (χ4n) is 2.35. The second-order valence-electron chi connectivity index (χ2n) is 5.03. The van der Waals surface area contributed by atoms with Crippen LogP contribution in [0, 0.1) is 0 Å². The summed E-state index contributed by atoms with van der Waals surface area (Å²) < 4.78 is 12.6. The Morgan fingerprint density at radius 1 is 1.25 bits per heavy atom. The molecule has 0 bridgehead atoms. The van der Waals surface area contributed by atoms with E-state index in [4.69, 9.17) is 9.47 Å². The van der Waals surface area contributed by atoms with Crippen LogP contribution in [0.25, 0.3) is 10.9 Å². The average Bonchev–Trinajstić information content (AvgIpc) is 2.87. The number of nitrogens with zero attached hydrogens (tertiary/aromatic N) is 1. The molecule has 0 saturated carbocycles. The second kappa shape index (κ2) is 7.43. The topological polar surface area (TPSA) is 35.4 Å². The smallest absolute Gasteiger partial charge is 0.0722 e. The van der Waals surface area contributed by atoms with Crippen molar-refractivity contribution in [3.05, 3.63) is 36.0 Å². The van der Waals surface area contributed by atoms with Gasteiger partial charge in [0.15, 0.2) is 0 Å². The van der Waals surface area contributed by atoms with Crippen LogP contribution in [-0.4, -0.2) is 38.0 Å². The molecule has 0 radical (unpaired) electrons. The molecule has 0 fully saturated rings. The molecule has 4 nitrogen and oxygen atoms in total. The molecule has 0 spiro atoms. The number of rotatable bonds is 8. The molecule has 0 aliphatic heterocycles. The summed E-state index contributed by atoms with van der Waals surface area (Å²) in [5, 5.41) is 4.70. The van der Waals surface area contributed by atoms with E-state index in [0.29, 0.717) is 0 Å². The zero-order chi connectivity index (χ0) is 14.4. The normalized spacial score (nSPS) is 12.9. The molecule has 1 aromatic heterocycles. The SMILES string of the molecule is COCCNCc1cccc2c1ccn2CC(C)OC. The monoisotopic (exact) mass is 276 g/mol. The summed E-state index contributed by atoms with van der Waals surface area (Å²) in [6.07, 6.45) is 2.35. The quantitative estimate of drug-likeness (QED) is 0.752. The van der Waals surface area contributed by atoms with Gasteiger partial charge in [-0.05, 0) is 24.6 Å². The van der Waals surface area contributed by atoms with Gasteiger partial charge < -0.3 is 19.4 Å². The Morgan fingerprint density at radius 3 is 2.85 bits per heavy atom. The summed E-state index contributed by atoms with van der Waals surface area (Å²) >= 11 is 0. The standard InChI is InChI=1S/C16H24N2O2/c1-13(20-3)12-18-9-7-15-14(5-4-6-16(15)18)11-17-8-10-19-2/h4-7,9,13,17H,8,10-12H2,1-3H3. The Morgan fingerprint density at radius 2 is 2.10 bits per heavy atom. The summed E-state index contributed by atoms with van der Waals surface area (Å²) in [4.78, 5) is 0. The van der Waals surface area contributed by atoms with Crippen molar-refractivity contribution in [2.75, 3.05) is 27.4 Å². The van der Waals surface area contributed by atoms with Gasteiger partial charge in [-0.3, -0.25) is 0 Å². The molecule has 2 aromatic rings. The van der Waals surface area contributed by atoms with Gasteiger partial charge >= 0.3 is 0 Å². The highest BCUT2D eigenvalue weighted by atomic mass is 16.5. The van der Waals surface area contributed by atoms with E-state index in [1.165, 1.54) is 16.5 Å². The van der Waals surface area contributed by atoms with Crippen LogP contribution in [0.4, 0.5) is 0 Å². The van der Waals surface area contributed by atoms with Gasteiger partial charge in [-0.15, -0.1) is 0 Å². The molecule has 1 atom stereocenters. The van der Waals surface area contributed by atoms with Gasteiger partial charge in [0.05, 0.1) is 12.7 Å². The lowest BCUT2D eigenvalue weighted by molar-refractivity contribution is 0.104. The van der Waals surface area contributed by atoms with Crippen molar-refractivity contribution >= 4 is 10.9 Å². The molecule has 1 unspecified atom stereocenters. The molecule has 0 saturated heterocycles. The van der Waals surface area contributed by atoms with Crippen molar-refractivity contribution in [1.82, 2.24) is 9.88 Å². The van der Waals surface area contributed by atoms with Gasteiger partial charge in [0.1, 0.15) is 0 Å². The fourth-order valence-corrected chi connectivity index (χ4v) is 2.35. The maximum Gasteiger partial charge on any atom is 0.0722 e. The number of nitrogens with one attached hydrogen (secondary N) is 1. The van der Waals surface area contributed by atoms with Gasteiger partial charge in [-0.25, -0.2) is 0 Å². The van der Waals surface area contributed by atoms with E-state index < -0.39 is 0 Å². The van der Waals surface area contributed by atoms with Gasteiger partial charge in [0.2, 0.25) is 0 Å². The van der Waals surface area contributed by atoms with Gasteiger partial charge in [0.25, 0.3) is 0 Å². The predicted molar refractivity (Wildman–Crippen MR) is 82.0 cm³/mol. The van der Waals surface area contributed by atoms with Crippen LogP contribution in [0.1, 0.15) is 12.5 Å². The lowest BCUT2D eigenvalue weighted by Gasteiger charge is -2.12. The van der Waals surface area contributed by atoms with Crippen LogP contribution in [-0.2, 0) is 22.6 Å². The van der Waals surface area contributed by atoms with Crippen molar-refractivity contribution in [3.63, 3.8) is 0 Å². The van der Waals surface area contributed by atoms with Crippen LogP contribution in [0.3, 0.4) is 0 Å². The molecule has 0 amide bonds. The van der Waals surface area contributed by atoms with Crippen molar-refractivity contribution < 1.29 is 9.47 Å². The van der Waals surface area contributed by atoms with Crippen LogP contribution < -0.4 is 5.32 Å². The van der Waals surface area contributed by atoms with Crippen LogP contribution >= 0.6 is 0 Å². The van der Waals surface area contributed by atoms with E-state index in [0.717, 1.165) is 26.2 Å². The number of ether oxygens (including phenoxy) is 2. The van der Waals surface area contributed by atoms with Crippen LogP contribution in [0.2, 0.25) is 0 Å². The molecular weight excluding hydrogens is 252 g/mol. The zero-order valence-corrected chi connectivity index (χ0v) is 12.6. The average molecular weight is 276 g/mol. The van der Waals surface area contributed by atoms with E-state index in [9.17, 15) is 0 Å². The first kappa shape index (κ1) is 15.0. The Bertz CT molecular complexity index is 536. The minimum Gasteiger partial charge on any atom is -0.383 e. The first-order valence-corrected chi connectivity index (χ1v) is 7.05. The van der Waals surface area contributed by atoms with E-state index in [1.807, 2.05) is 0 Å². The first-order valence-electron chi connectivity index (χ1n) is 7.05. The minimum absolute atomic E-state index is 0.217.